The molecule has 0 N–H and O–H groups in total. The number of amides is 1. The number of rotatable bonds is 8. The van der Waals surface area contributed by atoms with Crippen LogP contribution in [0.25, 0.3) is 11.1 Å². The summed E-state index contributed by atoms with van der Waals surface area (Å²) in [6.07, 6.45) is -0.529. The highest BCUT2D eigenvalue weighted by molar-refractivity contribution is 7.89. The van der Waals surface area contributed by atoms with Crippen molar-refractivity contribution in [3.8, 4) is 11.1 Å². The highest BCUT2D eigenvalue weighted by Gasteiger charge is 2.40. The van der Waals surface area contributed by atoms with Crippen LogP contribution in [0.2, 0.25) is 0 Å². The summed E-state index contributed by atoms with van der Waals surface area (Å²) in [5.41, 5.74) is 1.80. The van der Waals surface area contributed by atoms with E-state index in [9.17, 15) is 18.1 Å². The number of benzene rings is 2. The van der Waals surface area contributed by atoms with Crippen molar-refractivity contribution in [2.75, 3.05) is 0 Å². The summed E-state index contributed by atoms with van der Waals surface area (Å²) in [6, 6.07) is 14.4. The van der Waals surface area contributed by atoms with Gasteiger partial charge in [-0.05, 0) is 43.0 Å². The van der Waals surface area contributed by atoms with E-state index in [0.717, 1.165) is 11.1 Å². The highest BCUT2D eigenvalue weighted by atomic mass is 32.2. The zero-order valence-corrected chi connectivity index (χ0v) is 17.1. The molecule has 0 heterocycles. The number of carbonyl (C=O) groups is 1. The number of nitrogens with zero attached hydrogens (tertiary/aromatic N) is 2. The zero-order chi connectivity index (χ0) is 20.9. The third-order valence-electron chi connectivity index (χ3n) is 4.01. The van der Waals surface area contributed by atoms with Gasteiger partial charge in [0.2, 0.25) is 0 Å². The van der Waals surface area contributed by atoms with Gasteiger partial charge in [0.05, 0.1) is 11.0 Å². The smallest absolute Gasteiger partial charge is 0.281 e. The third-order valence-corrected chi connectivity index (χ3v) is 5.67. The summed E-state index contributed by atoms with van der Waals surface area (Å²) >= 11 is 0. The van der Waals surface area contributed by atoms with Gasteiger partial charge in [-0.2, -0.15) is 0 Å². The summed E-state index contributed by atoms with van der Waals surface area (Å²) in [5, 5.41) is 2.42. The normalized spacial score (nSPS) is 13.1. The first-order valence-corrected chi connectivity index (χ1v) is 10.4. The summed E-state index contributed by atoms with van der Waals surface area (Å²) in [6.45, 7) is 6.52. The van der Waals surface area contributed by atoms with Gasteiger partial charge < -0.3 is 0 Å². The van der Waals surface area contributed by atoms with E-state index < -0.39 is 34.0 Å². The van der Waals surface area contributed by atoms with E-state index in [2.05, 4.69) is 5.18 Å². The summed E-state index contributed by atoms with van der Waals surface area (Å²) in [5.74, 6) is -1.61. The maximum absolute atomic E-state index is 13.2. The van der Waals surface area contributed by atoms with E-state index in [-0.39, 0.29) is 4.90 Å². The number of sulfonamides is 1. The predicted molar refractivity (Wildman–Crippen MR) is 107 cm³/mol. The van der Waals surface area contributed by atoms with E-state index in [1.54, 1.807) is 39.8 Å². The standard InChI is InChI=1S/C20H24N2O5S/c1-14(2)19(20(23)21-24)22(27-15(3)4)28(25,26)18-12-10-17(11-13-18)16-8-6-5-7-9-16/h5-15,19H,1-4H3/t19-/m1/s1. The molecule has 2 aromatic carbocycles. The minimum Gasteiger partial charge on any atom is -0.281 e. The van der Waals surface area contributed by atoms with Gasteiger partial charge in [0.1, 0.15) is 6.04 Å². The minimum atomic E-state index is -4.20. The molecule has 0 unspecified atom stereocenters. The Morgan fingerprint density at radius 1 is 0.929 bits per heavy atom. The topological polar surface area (TPSA) is 93.1 Å². The quantitative estimate of drug-likeness (QED) is 0.490. The van der Waals surface area contributed by atoms with Crippen LogP contribution in [0.5, 0.6) is 0 Å². The molecule has 0 fully saturated rings. The van der Waals surface area contributed by atoms with Crippen LogP contribution >= 0.6 is 0 Å². The minimum absolute atomic E-state index is 0.0443. The van der Waals surface area contributed by atoms with Gasteiger partial charge in [-0.3, -0.25) is 9.63 Å². The molecule has 0 saturated carbocycles. The lowest BCUT2D eigenvalue weighted by Gasteiger charge is -2.30. The van der Waals surface area contributed by atoms with Crippen molar-refractivity contribution in [2.45, 2.75) is 44.7 Å². The van der Waals surface area contributed by atoms with Gasteiger partial charge >= 0.3 is 5.91 Å². The van der Waals surface area contributed by atoms with Crippen LogP contribution in [0.15, 0.2) is 64.7 Å². The molecule has 1 amide bonds. The maximum Gasteiger partial charge on any atom is 0.307 e. The first kappa shape index (κ1) is 21.9. The molecule has 0 spiro atoms. The summed E-state index contributed by atoms with van der Waals surface area (Å²) in [7, 11) is -4.20. The van der Waals surface area contributed by atoms with Crippen LogP contribution in [-0.2, 0) is 19.7 Å². The van der Waals surface area contributed by atoms with Crippen molar-refractivity contribution < 1.29 is 18.0 Å². The molecule has 1 atom stereocenters. The first-order valence-electron chi connectivity index (χ1n) is 8.92. The molecule has 0 aliphatic heterocycles. The molecular formula is C20H24N2O5S. The lowest BCUT2D eigenvalue weighted by molar-refractivity contribution is -0.164. The Morgan fingerprint density at radius 3 is 1.93 bits per heavy atom. The van der Waals surface area contributed by atoms with Crippen LogP contribution in [0.3, 0.4) is 0 Å². The van der Waals surface area contributed by atoms with Crippen molar-refractivity contribution in [1.82, 2.24) is 4.47 Å². The second-order valence-corrected chi connectivity index (χ2v) is 8.70. The zero-order valence-electron chi connectivity index (χ0n) is 16.3. The molecule has 8 heteroatoms. The van der Waals surface area contributed by atoms with Crippen molar-refractivity contribution in [3.05, 3.63) is 59.5 Å². The lowest BCUT2D eigenvalue weighted by Crippen LogP contribution is -2.48. The molecule has 2 rings (SSSR count). The summed E-state index contributed by atoms with van der Waals surface area (Å²) in [4.78, 5) is 28.3. The Morgan fingerprint density at radius 2 is 1.46 bits per heavy atom. The average molecular weight is 404 g/mol. The Labute approximate surface area is 165 Å². The number of hydrogen-bond acceptors (Lipinski definition) is 5. The second kappa shape index (κ2) is 9.18. The van der Waals surface area contributed by atoms with E-state index >= 15 is 0 Å². The van der Waals surface area contributed by atoms with Crippen LogP contribution in [0.1, 0.15) is 27.7 Å². The van der Waals surface area contributed by atoms with Gasteiger partial charge in [0.15, 0.2) is 0 Å². The first-order chi connectivity index (χ1) is 13.2. The van der Waals surface area contributed by atoms with Crippen LogP contribution in [0.4, 0.5) is 0 Å². The van der Waals surface area contributed by atoms with E-state index in [0.29, 0.717) is 4.47 Å². The molecule has 0 aliphatic carbocycles. The van der Waals surface area contributed by atoms with E-state index in [4.69, 9.17) is 4.84 Å². The fourth-order valence-electron chi connectivity index (χ4n) is 2.71. The Bertz CT molecular complexity index is 909. The number of nitroso groups, excluding NO2 is 1. The highest BCUT2D eigenvalue weighted by Crippen LogP contribution is 2.27. The van der Waals surface area contributed by atoms with Gasteiger partial charge in [-0.15, -0.1) is 4.91 Å². The Kier molecular flexibility index (Phi) is 7.17. The van der Waals surface area contributed by atoms with Crippen LogP contribution in [-0.4, -0.2) is 30.9 Å². The van der Waals surface area contributed by atoms with Crippen LogP contribution < -0.4 is 0 Å². The predicted octanol–water partition coefficient (Wildman–Crippen LogP) is 4.00. The van der Waals surface area contributed by atoms with Gasteiger partial charge in [0, 0.05) is 5.18 Å². The van der Waals surface area contributed by atoms with Gasteiger partial charge in [-0.25, -0.2) is 8.42 Å². The third kappa shape index (κ3) is 4.89. The molecule has 0 aliphatic rings. The van der Waals surface area contributed by atoms with E-state index in [1.807, 2.05) is 30.3 Å². The molecule has 28 heavy (non-hydrogen) atoms. The van der Waals surface area contributed by atoms with Crippen molar-refractivity contribution in [2.24, 2.45) is 11.1 Å². The van der Waals surface area contributed by atoms with Gasteiger partial charge in [0.25, 0.3) is 10.0 Å². The Balaban J connectivity index is 2.47. The molecule has 0 aromatic heterocycles. The average Bonchev–Trinajstić information content (AvgIpc) is 2.67. The maximum atomic E-state index is 13.2. The van der Waals surface area contributed by atoms with Crippen molar-refractivity contribution in [1.29, 1.82) is 0 Å². The lowest BCUT2D eigenvalue weighted by atomic mass is 10.1. The Hall–Kier alpha value is -2.42. The summed E-state index contributed by atoms with van der Waals surface area (Å²) < 4.78 is 27.0. The second-order valence-electron chi connectivity index (χ2n) is 6.92. The molecule has 2 aromatic rings. The van der Waals surface area contributed by atoms with Crippen molar-refractivity contribution in [3.63, 3.8) is 0 Å². The molecular weight excluding hydrogens is 380 g/mol. The molecule has 7 nitrogen and oxygen atoms in total. The van der Waals surface area contributed by atoms with E-state index in [1.165, 1.54) is 12.1 Å². The molecule has 0 saturated heterocycles. The fourth-order valence-corrected chi connectivity index (χ4v) is 4.31. The largest absolute Gasteiger partial charge is 0.307 e. The number of hydrogen-bond donors (Lipinski definition) is 0. The monoisotopic (exact) mass is 404 g/mol. The molecule has 150 valence electrons. The fraction of sp³-hybridized carbons (Fsp3) is 0.350. The molecule has 0 radical (unpaired) electrons. The van der Waals surface area contributed by atoms with Crippen LogP contribution in [0, 0.1) is 10.8 Å². The number of carbonyl (C=O) groups excluding carboxylic acids is 1. The number of hydroxylamine groups is 1. The molecule has 0 bridgehead atoms. The van der Waals surface area contributed by atoms with Gasteiger partial charge in [-0.1, -0.05) is 60.8 Å². The van der Waals surface area contributed by atoms with Crippen molar-refractivity contribution >= 4 is 15.9 Å². The SMILES string of the molecule is CC(C)ON([C@@H](C(=O)N=O)C(C)C)S(=O)(=O)c1ccc(-c2ccccc2)cc1.